The molecular formula is C19H20FN5O. The third-order valence-corrected chi connectivity index (χ3v) is 4.68. The zero-order chi connectivity index (χ0) is 18.1. The minimum Gasteiger partial charge on any atom is -0.449 e. The van der Waals surface area contributed by atoms with Gasteiger partial charge in [-0.1, -0.05) is 0 Å². The van der Waals surface area contributed by atoms with Crippen molar-refractivity contribution in [3.63, 3.8) is 0 Å². The molecule has 0 saturated carbocycles. The molecule has 7 heteroatoms. The molecule has 3 aromatic rings. The summed E-state index contributed by atoms with van der Waals surface area (Å²) in [4.78, 5) is 8.81. The van der Waals surface area contributed by atoms with E-state index in [1.807, 2.05) is 19.1 Å². The zero-order valence-electron chi connectivity index (χ0n) is 14.8. The number of benzene rings is 1. The van der Waals surface area contributed by atoms with Crippen molar-refractivity contribution in [3.8, 4) is 11.3 Å². The number of likely N-dealkylation sites (N-methyl/N-ethyl adjacent to an activating group) is 1. The maximum atomic E-state index is 13.0. The molecule has 6 nitrogen and oxygen atoms in total. The van der Waals surface area contributed by atoms with Gasteiger partial charge < -0.3 is 9.32 Å². The molecule has 0 unspecified atom stereocenters. The highest BCUT2D eigenvalue weighted by Crippen LogP contribution is 2.24. The molecule has 0 bridgehead atoms. The van der Waals surface area contributed by atoms with E-state index >= 15 is 0 Å². The van der Waals surface area contributed by atoms with E-state index in [2.05, 4.69) is 32.0 Å². The predicted molar refractivity (Wildman–Crippen MR) is 96.1 cm³/mol. The first-order valence-corrected chi connectivity index (χ1v) is 8.54. The molecule has 4 rings (SSSR count). The predicted octanol–water partition coefficient (Wildman–Crippen LogP) is 2.90. The lowest BCUT2D eigenvalue weighted by molar-refractivity contribution is 0.194. The minimum atomic E-state index is -0.255. The summed E-state index contributed by atoms with van der Waals surface area (Å²) in [6.07, 6.45) is 1.71. The van der Waals surface area contributed by atoms with Crippen molar-refractivity contribution >= 4 is 5.82 Å². The van der Waals surface area contributed by atoms with Gasteiger partial charge in [-0.15, -0.1) is 10.2 Å². The van der Waals surface area contributed by atoms with E-state index < -0.39 is 0 Å². The second kappa shape index (κ2) is 6.84. The van der Waals surface area contributed by atoms with Crippen molar-refractivity contribution in [2.45, 2.75) is 19.5 Å². The Morgan fingerprint density at radius 1 is 1.15 bits per heavy atom. The summed E-state index contributed by atoms with van der Waals surface area (Å²) in [5.74, 6) is 1.30. The summed E-state index contributed by atoms with van der Waals surface area (Å²) in [6, 6.07) is 10.6. The Morgan fingerprint density at radius 3 is 2.54 bits per heavy atom. The highest BCUT2D eigenvalue weighted by atomic mass is 19.1. The Balaban J connectivity index is 1.34. The smallest absolute Gasteiger partial charge is 0.191 e. The monoisotopic (exact) mass is 353 g/mol. The van der Waals surface area contributed by atoms with Crippen LogP contribution in [0.4, 0.5) is 10.2 Å². The molecule has 3 heterocycles. The first kappa shape index (κ1) is 16.7. The molecule has 0 aliphatic carbocycles. The first-order valence-electron chi connectivity index (χ1n) is 8.54. The fraction of sp³-hybridized carbons (Fsp3) is 0.316. The number of hydrogen-bond acceptors (Lipinski definition) is 6. The molecule has 1 fully saturated rings. The van der Waals surface area contributed by atoms with E-state index in [9.17, 15) is 4.39 Å². The molecule has 2 aromatic heterocycles. The molecule has 0 amide bonds. The number of halogens is 1. The zero-order valence-corrected chi connectivity index (χ0v) is 14.8. The molecule has 0 spiro atoms. The van der Waals surface area contributed by atoms with Crippen molar-refractivity contribution in [1.29, 1.82) is 0 Å². The van der Waals surface area contributed by atoms with Crippen molar-refractivity contribution < 1.29 is 8.81 Å². The van der Waals surface area contributed by atoms with Gasteiger partial charge >= 0.3 is 0 Å². The Labute approximate surface area is 151 Å². The third-order valence-electron chi connectivity index (χ3n) is 4.68. The summed E-state index contributed by atoms with van der Waals surface area (Å²) in [7, 11) is 2.09. The number of nitrogens with zero attached hydrogens (tertiary/aromatic N) is 5. The van der Waals surface area contributed by atoms with Gasteiger partial charge in [-0.2, -0.15) is 0 Å². The van der Waals surface area contributed by atoms with E-state index in [1.54, 1.807) is 18.4 Å². The first-order chi connectivity index (χ1) is 12.6. The lowest BCUT2D eigenvalue weighted by Crippen LogP contribution is -2.58. The van der Waals surface area contributed by atoms with Crippen LogP contribution in [0.25, 0.3) is 11.3 Å². The number of hydrogen-bond donors (Lipinski definition) is 0. The Bertz CT molecular complexity index is 872. The number of aromatic nitrogens is 3. The maximum Gasteiger partial charge on any atom is 0.191 e. The second-order valence-electron chi connectivity index (χ2n) is 6.62. The van der Waals surface area contributed by atoms with Crippen LogP contribution < -0.4 is 4.90 Å². The van der Waals surface area contributed by atoms with Gasteiger partial charge in [0.1, 0.15) is 12.1 Å². The van der Waals surface area contributed by atoms with Gasteiger partial charge in [0.05, 0.1) is 11.4 Å². The van der Waals surface area contributed by atoms with E-state index in [0.29, 0.717) is 11.9 Å². The number of aryl methyl sites for hydroxylation is 1. The van der Waals surface area contributed by atoms with Crippen molar-refractivity contribution in [1.82, 2.24) is 20.1 Å². The number of rotatable bonds is 5. The standard InChI is InChI=1S/C19H20FN5O/c1-13-21-16(12-26-13)9-24(2)17-10-25(11-17)19-8-7-18(22-23-19)14-3-5-15(20)6-4-14/h3-8,12,17H,9-11H2,1-2H3. The summed E-state index contributed by atoms with van der Waals surface area (Å²) >= 11 is 0. The molecule has 0 atom stereocenters. The molecule has 0 radical (unpaired) electrons. The van der Waals surface area contributed by atoms with Gasteiger partial charge in [0.15, 0.2) is 11.7 Å². The van der Waals surface area contributed by atoms with Crippen LogP contribution in [0.1, 0.15) is 11.6 Å². The topological polar surface area (TPSA) is 58.3 Å². The fourth-order valence-corrected chi connectivity index (χ4v) is 3.06. The number of oxazole rings is 1. The molecule has 1 saturated heterocycles. The van der Waals surface area contributed by atoms with Gasteiger partial charge in [0, 0.05) is 38.2 Å². The lowest BCUT2D eigenvalue weighted by Gasteiger charge is -2.44. The van der Waals surface area contributed by atoms with E-state index in [-0.39, 0.29) is 5.82 Å². The van der Waals surface area contributed by atoms with Crippen molar-refractivity contribution in [3.05, 3.63) is 60.1 Å². The molecular weight excluding hydrogens is 333 g/mol. The van der Waals surface area contributed by atoms with Crippen LogP contribution in [-0.4, -0.2) is 46.3 Å². The largest absolute Gasteiger partial charge is 0.449 e. The van der Waals surface area contributed by atoms with Crippen LogP contribution in [0.5, 0.6) is 0 Å². The molecule has 1 aliphatic rings. The summed E-state index contributed by atoms with van der Waals surface area (Å²) in [5, 5.41) is 8.59. The Hall–Kier alpha value is -2.80. The average molecular weight is 353 g/mol. The molecule has 26 heavy (non-hydrogen) atoms. The quantitative estimate of drug-likeness (QED) is 0.703. The third kappa shape index (κ3) is 3.43. The summed E-state index contributed by atoms with van der Waals surface area (Å²) in [6.45, 7) is 4.42. The highest BCUT2D eigenvalue weighted by molar-refractivity contribution is 5.59. The van der Waals surface area contributed by atoms with Gasteiger partial charge in [0.25, 0.3) is 0 Å². The summed E-state index contributed by atoms with van der Waals surface area (Å²) in [5.41, 5.74) is 2.55. The maximum absolute atomic E-state index is 13.0. The van der Waals surface area contributed by atoms with Crippen LogP contribution in [0.15, 0.2) is 47.1 Å². The second-order valence-corrected chi connectivity index (χ2v) is 6.62. The summed E-state index contributed by atoms with van der Waals surface area (Å²) < 4.78 is 18.3. The lowest BCUT2D eigenvalue weighted by atomic mass is 10.1. The van der Waals surface area contributed by atoms with Gasteiger partial charge in [-0.25, -0.2) is 9.37 Å². The van der Waals surface area contributed by atoms with E-state index in [0.717, 1.165) is 42.4 Å². The minimum absolute atomic E-state index is 0.255. The Morgan fingerprint density at radius 2 is 1.92 bits per heavy atom. The number of anilines is 1. The van der Waals surface area contributed by atoms with Crippen LogP contribution in [0.3, 0.4) is 0 Å². The average Bonchev–Trinajstić information content (AvgIpc) is 3.00. The van der Waals surface area contributed by atoms with Crippen LogP contribution in [-0.2, 0) is 6.54 Å². The molecule has 0 N–H and O–H groups in total. The normalized spacial score (nSPS) is 14.7. The SMILES string of the molecule is Cc1nc(CN(C)C2CN(c3ccc(-c4ccc(F)cc4)nn3)C2)co1. The molecule has 1 aliphatic heterocycles. The van der Waals surface area contributed by atoms with E-state index in [4.69, 9.17) is 4.42 Å². The fourth-order valence-electron chi connectivity index (χ4n) is 3.06. The van der Waals surface area contributed by atoms with Gasteiger partial charge in [-0.3, -0.25) is 4.90 Å². The van der Waals surface area contributed by atoms with Crippen molar-refractivity contribution in [2.75, 3.05) is 25.0 Å². The Kier molecular flexibility index (Phi) is 4.38. The molecule has 134 valence electrons. The molecule has 1 aromatic carbocycles. The van der Waals surface area contributed by atoms with Crippen LogP contribution in [0.2, 0.25) is 0 Å². The van der Waals surface area contributed by atoms with Crippen LogP contribution >= 0.6 is 0 Å². The van der Waals surface area contributed by atoms with Gasteiger partial charge in [-0.05, 0) is 43.4 Å². The van der Waals surface area contributed by atoms with Crippen molar-refractivity contribution in [2.24, 2.45) is 0 Å². The van der Waals surface area contributed by atoms with E-state index in [1.165, 1.54) is 12.1 Å². The van der Waals surface area contributed by atoms with Gasteiger partial charge in [0.2, 0.25) is 0 Å². The van der Waals surface area contributed by atoms with Crippen LogP contribution in [0, 0.1) is 12.7 Å². The highest BCUT2D eigenvalue weighted by Gasteiger charge is 2.31.